The lowest BCUT2D eigenvalue weighted by atomic mass is 9.86. The molecule has 0 saturated heterocycles. The van der Waals surface area contributed by atoms with Crippen LogP contribution < -0.4 is 16.0 Å². The number of furan rings is 1. The molecule has 0 radical (unpaired) electrons. The molecule has 0 spiro atoms. The van der Waals surface area contributed by atoms with Crippen molar-refractivity contribution in [1.82, 2.24) is 5.32 Å². The van der Waals surface area contributed by atoms with Crippen LogP contribution in [0.4, 0.5) is 11.4 Å². The van der Waals surface area contributed by atoms with Gasteiger partial charge in [0, 0.05) is 17.9 Å². The normalized spacial score (nSPS) is 22.3. The van der Waals surface area contributed by atoms with Gasteiger partial charge in [-0.05, 0) is 73.8 Å². The summed E-state index contributed by atoms with van der Waals surface area (Å²) in [6, 6.07) is 9.79. The minimum Gasteiger partial charge on any atom is -0.459 e. The Morgan fingerprint density at radius 2 is 1.79 bits per heavy atom. The number of anilines is 2. The van der Waals surface area contributed by atoms with E-state index in [0.29, 0.717) is 23.8 Å². The van der Waals surface area contributed by atoms with Crippen molar-refractivity contribution < 1.29 is 18.8 Å². The summed E-state index contributed by atoms with van der Waals surface area (Å²) in [6.07, 6.45) is 7.64. The number of benzene rings is 1. The molecule has 7 nitrogen and oxygen atoms in total. The van der Waals surface area contributed by atoms with E-state index in [4.69, 9.17) is 4.42 Å². The fraction of sp³-hybridized carbons (Fsp3) is 0.409. The van der Waals surface area contributed by atoms with E-state index < -0.39 is 17.7 Å². The van der Waals surface area contributed by atoms with Crippen LogP contribution in [0.5, 0.6) is 0 Å². The van der Waals surface area contributed by atoms with Gasteiger partial charge in [-0.15, -0.1) is 0 Å². The molecule has 0 unspecified atom stereocenters. The molecule has 2 aliphatic rings. The van der Waals surface area contributed by atoms with Gasteiger partial charge in [0.2, 0.25) is 0 Å². The van der Waals surface area contributed by atoms with Gasteiger partial charge in [0.25, 0.3) is 5.91 Å². The summed E-state index contributed by atoms with van der Waals surface area (Å²) < 4.78 is 5.05. The lowest BCUT2D eigenvalue weighted by Crippen LogP contribution is -2.36. The first-order valence-corrected chi connectivity index (χ1v) is 10.1. The van der Waals surface area contributed by atoms with Gasteiger partial charge < -0.3 is 20.4 Å². The van der Waals surface area contributed by atoms with Crippen molar-refractivity contribution in [3.8, 4) is 0 Å². The summed E-state index contributed by atoms with van der Waals surface area (Å²) in [5.41, 5.74) is 0.913. The monoisotopic (exact) mass is 395 g/mol. The second-order valence-corrected chi connectivity index (χ2v) is 7.95. The average Bonchev–Trinajstić information content (AvgIpc) is 3.46. The predicted molar refractivity (Wildman–Crippen MR) is 108 cm³/mol. The minimum absolute atomic E-state index is 0.189. The van der Waals surface area contributed by atoms with Crippen molar-refractivity contribution in [2.45, 2.75) is 32.1 Å². The molecule has 0 aliphatic heterocycles. The largest absolute Gasteiger partial charge is 0.459 e. The molecule has 152 valence electrons. The van der Waals surface area contributed by atoms with E-state index in [0.717, 1.165) is 18.3 Å². The molecule has 3 N–H and O–H groups in total. The molecular formula is C22H25N3O4. The van der Waals surface area contributed by atoms with E-state index in [1.807, 2.05) is 0 Å². The number of hydrogen-bond acceptors (Lipinski definition) is 4. The zero-order valence-electron chi connectivity index (χ0n) is 16.1. The maximum absolute atomic E-state index is 12.2. The van der Waals surface area contributed by atoms with E-state index in [2.05, 4.69) is 16.0 Å². The number of amides is 3. The van der Waals surface area contributed by atoms with Gasteiger partial charge in [-0.3, -0.25) is 14.4 Å². The van der Waals surface area contributed by atoms with Crippen molar-refractivity contribution in [1.29, 1.82) is 0 Å². The maximum Gasteiger partial charge on any atom is 0.313 e. The number of fused-ring (bicyclic) bond motifs is 2. The van der Waals surface area contributed by atoms with Gasteiger partial charge in [-0.25, -0.2) is 0 Å². The van der Waals surface area contributed by atoms with Crippen LogP contribution in [0.25, 0.3) is 0 Å². The molecule has 2 aliphatic carbocycles. The number of carbonyl (C=O) groups is 3. The van der Waals surface area contributed by atoms with Crippen molar-refractivity contribution in [2.24, 2.45) is 17.8 Å². The third-order valence-corrected chi connectivity index (χ3v) is 6.01. The smallest absolute Gasteiger partial charge is 0.313 e. The van der Waals surface area contributed by atoms with Gasteiger partial charge >= 0.3 is 11.8 Å². The van der Waals surface area contributed by atoms with Crippen LogP contribution in [0.2, 0.25) is 0 Å². The minimum atomic E-state index is -0.715. The third-order valence-electron chi connectivity index (χ3n) is 6.01. The first-order chi connectivity index (χ1) is 14.1. The van der Waals surface area contributed by atoms with Gasteiger partial charge in [-0.2, -0.15) is 0 Å². The average molecular weight is 395 g/mol. The van der Waals surface area contributed by atoms with Crippen LogP contribution >= 0.6 is 0 Å². The summed E-state index contributed by atoms with van der Waals surface area (Å²) in [6.45, 7) is 0.527. The van der Waals surface area contributed by atoms with Crippen LogP contribution in [-0.2, 0) is 9.59 Å². The SMILES string of the molecule is O=C(NCC[C@H]1C[C@H]2CC[C@H]1C2)C(=O)Nc1cccc(NC(=O)c2ccco2)c1. The van der Waals surface area contributed by atoms with Gasteiger partial charge in [0.1, 0.15) is 0 Å². The summed E-state index contributed by atoms with van der Waals surface area (Å²) in [5.74, 6) is 0.817. The molecule has 2 aromatic rings. The van der Waals surface area contributed by atoms with Gasteiger partial charge in [-0.1, -0.05) is 12.5 Å². The Morgan fingerprint density at radius 1 is 0.966 bits per heavy atom. The zero-order chi connectivity index (χ0) is 20.2. The summed E-state index contributed by atoms with van der Waals surface area (Å²) in [4.78, 5) is 36.3. The van der Waals surface area contributed by atoms with Crippen molar-refractivity contribution in [2.75, 3.05) is 17.2 Å². The highest BCUT2D eigenvalue weighted by atomic mass is 16.3. The molecule has 3 amide bonds. The Hall–Kier alpha value is -3.09. The highest BCUT2D eigenvalue weighted by Crippen LogP contribution is 2.49. The van der Waals surface area contributed by atoms with Crippen LogP contribution in [0.1, 0.15) is 42.7 Å². The second-order valence-electron chi connectivity index (χ2n) is 7.95. The summed E-state index contributed by atoms with van der Waals surface area (Å²) >= 11 is 0. The van der Waals surface area contributed by atoms with Crippen molar-refractivity contribution >= 4 is 29.1 Å². The lowest BCUT2D eigenvalue weighted by Gasteiger charge is -2.21. The first-order valence-electron chi connectivity index (χ1n) is 10.1. The molecule has 29 heavy (non-hydrogen) atoms. The second kappa shape index (κ2) is 8.51. The third kappa shape index (κ3) is 4.67. The Morgan fingerprint density at radius 3 is 2.48 bits per heavy atom. The standard InChI is InChI=1S/C22H25N3O4/c26-20(19-5-2-10-29-19)24-17-3-1-4-18(13-17)25-22(28)21(27)23-9-8-16-12-14-6-7-15(16)11-14/h1-5,10,13-16H,6-9,11-12H2,(H,23,27)(H,24,26)(H,25,28)/t14-,15-,16-/m0/s1. The summed E-state index contributed by atoms with van der Waals surface area (Å²) in [5, 5.41) is 7.97. The van der Waals surface area contributed by atoms with E-state index >= 15 is 0 Å². The quantitative estimate of drug-likeness (QED) is 0.653. The molecular weight excluding hydrogens is 370 g/mol. The van der Waals surface area contributed by atoms with Crippen molar-refractivity contribution in [3.63, 3.8) is 0 Å². The molecule has 2 fully saturated rings. The first kappa shape index (κ1) is 19.2. The van der Waals surface area contributed by atoms with E-state index in [1.165, 1.54) is 31.9 Å². The molecule has 4 rings (SSSR count). The van der Waals surface area contributed by atoms with E-state index in [9.17, 15) is 14.4 Å². The van der Waals surface area contributed by atoms with Crippen LogP contribution in [-0.4, -0.2) is 24.3 Å². The molecule has 3 atom stereocenters. The number of carbonyl (C=O) groups excluding carboxylic acids is 3. The fourth-order valence-corrected chi connectivity index (χ4v) is 4.64. The topological polar surface area (TPSA) is 100 Å². The molecule has 1 heterocycles. The number of hydrogen-bond donors (Lipinski definition) is 3. The Labute approximate surface area is 169 Å². The Bertz CT molecular complexity index is 893. The van der Waals surface area contributed by atoms with E-state index in [-0.39, 0.29) is 5.76 Å². The Kier molecular flexibility index (Phi) is 5.64. The van der Waals surface area contributed by atoms with Crippen molar-refractivity contribution in [3.05, 3.63) is 48.4 Å². The number of rotatable bonds is 6. The van der Waals surface area contributed by atoms with Gasteiger partial charge in [0.05, 0.1) is 6.26 Å². The van der Waals surface area contributed by atoms with Crippen LogP contribution in [0, 0.1) is 17.8 Å². The lowest BCUT2D eigenvalue weighted by molar-refractivity contribution is -0.136. The molecule has 1 aromatic heterocycles. The molecule has 7 heteroatoms. The zero-order valence-corrected chi connectivity index (χ0v) is 16.1. The molecule has 2 bridgehead atoms. The molecule has 1 aromatic carbocycles. The summed E-state index contributed by atoms with van der Waals surface area (Å²) in [7, 11) is 0. The van der Waals surface area contributed by atoms with Gasteiger partial charge in [0.15, 0.2) is 5.76 Å². The fourth-order valence-electron chi connectivity index (χ4n) is 4.64. The maximum atomic E-state index is 12.2. The highest BCUT2D eigenvalue weighted by molar-refractivity contribution is 6.39. The van der Waals surface area contributed by atoms with Crippen LogP contribution in [0.3, 0.4) is 0 Å². The predicted octanol–water partition coefficient (Wildman–Crippen LogP) is 3.41. The molecule has 2 saturated carbocycles. The van der Waals surface area contributed by atoms with E-state index in [1.54, 1.807) is 36.4 Å². The highest BCUT2D eigenvalue weighted by Gasteiger charge is 2.38. The Balaban J connectivity index is 1.24. The number of nitrogens with one attached hydrogen (secondary N) is 3. The van der Waals surface area contributed by atoms with Crippen LogP contribution in [0.15, 0.2) is 47.1 Å².